The first-order valence-corrected chi connectivity index (χ1v) is 14.2. The van der Waals surface area contributed by atoms with Crippen LogP contribution in [0.15, 0.2) is 4.36 Å². The largest absolute Gasteiger partial charge is 0.381 e. The van der Waals surface area contributed by atoms with Crippen molar-refractivity contribution in [3.05, 3.63) is 0 Å². The molecule has 0 N–H and O–H groups in total. The molecule has 2 atom stereocenters. The van der Waals surface area contributed by atoms with Gasteiger partial charge in [-0.05, 0) is 43.4 Å². The van der Waals surface area contributed by atoms with Gasteiger partial charge < -0.3 is 9.64 Å². The Kier molecular flexibility index (Phi) is 6.05. The first-order valence-electron chi connectivity index (χ1n) is 10.5. The van der Waals surface area contributed by atoms with E-state index < -0.39 is 31.4 Å². The van der Waals surface area contributed by atoms with E-state index in [2.05, 4.69) is 4.36 Å². The molecular weight excluding hydrogens is 416 g/mol. The normalized spacial score (nSPS) is 35.0. The van der Waals surface area contributed by atoms with Crippen LogP contribution in [0, 0.1) is 23.7 Å². The number of carbonyl (C=O) groups excluding carboxylic acids is 2. The fraction of sp³-hybridized carbons (Fsp3) is 0.895. The maximum absolute atomic E-state index is 13.2. The zero-order valence-corrected chi connectivity index (χ0v) is 18.3. The van der Waals surface area contributed by atoms with Crippen LogP contribution < -0.4 is 0 Å². The second kappa shape index (κ2) is 8.26. The number of piperidine rings is 1. The lowest BCUT2D eigenvalue weighted by Crippen LogP contribution is -2.51. The summed E-state index contributed by atoms with van der Waals surface area (Å²) < 4.78 is 45.1. The number of amides is 2. The van der Waals surface area contributed by atoms with Crippen molar-refractivity contribution in [3.8, 4) is 0 Å². The first kappa shape index (κ1) is 21.2. The number of sulfone groups is 1. The standard InChI is InChI=1S/C19H30N2O6S2/c22-18(2-1-14-3-5-27-6-4-14)21-8-15-7-16(9-21)11-28(24,10-15)20-19(23)17-12-29(25,26)13-17/h14-17H,1-13H2. The summed E-state index contributed by atoms with van der Waals surface area (Å²) in [4.78, 5) is 26.8. The fourth-order valence-electron chi connectivity index (χ4n) is 5.11. The number of hydrogen-bond acceptors (Lipinski definition) is 6. The van der Waals surface area contributed by atoms with E-state index in [0.717, 1.165) is 38.9 Å². The summed E-state index contributed by atoms with van der Waals surface area (Å²) in [5.41, 5.74) is 0. The van der Waals surface area contributed by atoms with E-state index >= 15 is 0 Å². The summed E-state index contributed by atoms with van der Waals surface area (Å²) in [6, 6.07) is 0. The van der Waals surface area contributed by atoms with Gasteiger partial charge in [-0.15, -0.1) is 0 Å². The van der Waals surface area contributed by atoms with Crippen molar-refractivity contribution in [2.75, 3.05) is 49.3 Å². The van der Waals surface area contributed by atoms with Crippen LogP contribution in [0.3, 0.4) is 0 Å². The highest BCUT2D eigenvalue weighted by atomic mass is 32.2. The fourth-order valence-corrected chi connectivity index (χ4v) is 9.24. The minimum atomic E-state index is -3.11. The zero-order chi connectivity index (χ0) is 20.6. The molecule has 8 nitrogen and oxygen atoms in total. The Hall–Kier alpha value is -1.00. The maximum atomic E-state index is 13.2. The van der Waals surface area contributed by atoms with Crippen LogP contribution >= 0.6 is 0 Å². The van der Waals surface area contributed by atoms with Gasteiger partial charge in [-0.3, -0.25) is 9.59 Å². The molecule has 4 heterocycles. The number of hydrogen-bond donors (Lipinski definition) is 0. The molecule has 4 aliphatic rings. The molecule has 4 rings (SSSR count). The van der Waals surface area contributed by atoms with Gasteiger partial charge in [-0.1, -0.05) is 0 Å². The van der Waals surface area contributed by atoms with Crippen molar-refractivity contribution >= 4 is 31.4 Å². The molecule has 4 fully saturated rings. The van der Waals surface area contributed by atoms with Gasteiger partial charge in [0.05, 0.1) is 27.2 Å². The van der Waals surface area contributed by atoms with Gasteiger partial charge in [0.2, 0.25) is 5.91 Å². The van der Waals surface area contributed by atoms with Crippen LogP contribution in [-0.2, 0) is 33.9 Å². The summed E-state index contributed by atoms with van der Waals surface area (Å²) in [5, 5.41) is 0. The van der Waals surface area contributed by atoms with Gasteiger partial charge in [0, 0.05) is 44.2 Å². The molecule has 0 radical (unpaired) electrons. The molecule has 0 aromatic rings. The van der Waals surface area contributed by atoms with Crippen LogP contribution in [0.5, 0.6) is 0 Å². The molecule has 2 amide bonds. The van der Waals surface area contributed by atoms with E-state index in [1.54, 1.807) is 0 Å². The predicted molar refractivity (Wildman–Crippen MR) is 108 cm³/mol. The van der Waals surface area contributed by atoms with E-state index in [1.807, 2.05) is 4.90 Å². The predicted octanol–water partition coefficient (Wildman–Crippen LogP) is 0.711. The number of likely N-dealkylation sites (tertiary alicyclic amines) is 1. The van der Waals surface area contributed by atoms with Crippen molar-refractivity contribution in [1.29, 1.82) is 0 Å². The number of fused-ring (bicyclic) bond motifs is 2. The highest BCUT2D eigenvalue weighted by molar-refractivity contribution is 7.94. The summed E-state index contributed by atoms with van der Waals surface area (Å²) in [6.07, 6.45) is 4.43. The lowest BCUT2D eigenvalue weighted by atomic mass is 9.90. The number of nitrogens with zero attached hydrogens (tertiary/aromatic N) is 2. The second-order valence-electron chi connectivity index (χ2n) is 9.17. The van der Waals surface area contributed by atoms with Crippen molar-refractivity contribution in [3.63, 3.8) is 0 Å². The van der Waals surface area contributed by atoms with E-state index in [-0.39, 0.29) is 29.2 Å². The zero-order valence-electron chi connectivity index (χ0n) is 16.7. The smallest absolute Gasteiger partial charge is 0.258 e. The molecule has 10 heteroatoms. The molecule has 0 spiro atoms. The van der Waals surface area contributed by atoms with Crippen molar-refractivity contribution in [1.82, 2.24) is 4.90 Å². The van der Waals surface area contributed by atoms with E-state index in [9.17, 15) is 22.2 Å². The number of ether oxygens (including phenoxy) is 1. The summed E-state index contributed by atoms with van der Waals surface area (Å²) in [6.45, 7) is 2.75. The molecule has 4 saturated heterocycles. The third-order valence-corrected chi connectivity index (χ3v) is 10.9. The van der Waals surface area contributed by atoms with Gasteiger partial charge in [-0.25, -0.2) is 12.6 Å². The molecule has 164 valence electrons. The van der Waals surface area contributed by atoms with E-state index in [1.165, 1.54) is 0 Å². The van der Waals surface area contributed by atoms with Gasteiger partial charge >= 0.3 is 0 Å². The summed E-state index contributed by atoms with van der Waals surface area (Å²) in [5.74, 6) is 0.116. The molecule has 0 aromatic carbocycles. The molecule has 2 bridgehead atoms. The Morgan fingerprint density at radius 3 is 2.17 bits per heavy atom. The monoisotopic (exact) mass is 446 g/mol. The minimum absolute atomic E-state index is 0.101. The van der Waals surface area contributed by atoms with Crippen LogP contribution in [0.1, 0.15) is 32.1 Å². The number of rotatable bonds is 4. The van der Waals surface area contributed by atoms with Crippen molar-refractivity contribution < 1.29 is 27.0 Å². The quantitative estimate of drug-likeness (QED) is 0.629. The molecule has 29 heavy (non-hydrogen) atoms. The maximum Gasteiger partial charge on any atom is 0.258 e. The van der Waals surface area contributed by atoms with Crippen molar-refractivity contribution in [2.24, 2.45) is 28.0 Å². The van der Waals surface area contributed by atoms with Gasteiger partial charge in [0.25, 0.3) is 5.91 Å². The lowest BCUT2D eigenvalue weighted by molar-refractivity contribution is -0.134. The first-order chi connectivity index (χ1) is 13.7. The van der Waals surface area contributed by atoms with Crippen LogP contribution in [-0.4, -0.2) is 78.7 Å². The Morgan fingerprint density at radius 1 is 0.966 bits per heavy atom. The van der Waals surface area contributed by atoms with E-state index in [0.29, 0.717) is 36.9 Å². The molecular formula is C19H30N2O6S2. The molecule has 2 unspecified atom stereocenters. The third-order valence-electron chi connectivity index (χ3n) is 6.59. The topological polar surface area (TPSA) is 110 Å². The van der Waals surface area contributed by atoms with Crippen molar-refractivity contribution in [2.45, 2.75) is 32.1 Å². The van der Waals surface area contributed by atoms with Crippen LogP contribution in [0.25, 0.3) is 0 Å². The van der Waals surface area contributed by atoms with Gasteiger partial charge in [0.1, 0.15) is 0 Å². The molecule has 0 aromatic heterocycles. The Bertz CT molecular complexity index is 854. The summed E-state index contributed by atoms with van der Waals surface area (Å²) >= 11 is 0. The Balaban J connectivity index is 1.32. The van der Waals surface area contributed by atoms with E-state index in [4.69, 9.17) is 4.74 Å². The Morgan fingerprint density at radius 2 is 1.59 bits per heavy atom. The molecule has 4 aliphatic heterocycles. The highest BCUT2D eigenvalue weighted by Crippen LogP contribution is 2.32. The Labute approximate surface area is 172 Å². The second-order valence-corrected chi connectivity index (χ2v) is 13.7. The van der Waals surface area contributed by atoms with Gasteiger partial charge in [-0.2, -0.15) is 4.36 Å². The average Bonchev–Trinajstić information content (AvgIpc) is 2.63. The van der Waals surface area contributed by atoms with Crippen LogP contribution in [0.4, 0.5) is 0 Å². The molecule has 0 aliphatic carbocycles. The highest BCUT2D eigenvalue weighted by Gasteiger charge is 2.42. The number of carbonyl (C=O) groups is 2. The SMILES string of the molecule is O=C(N=S1(=O)CC2CC(CN(C(=O)CCC3CCOCC3)C2)C1)C1CS(=O)(=O)C1. The van der Waals surface area contributed by atoms with Gasteiger partial charge in [0.15, 0.2) is 9.84 Å². The lowest BCUT2D eigenvalue weighted by Gasteiger charge is -2.42. The van der Waals surface area contributed by atoms with Crippen LogP contribution in [0.2, 0.25) is 0 Å². The third kappa shape index (κ3) is 5.19. The molecule has 0 saturated carbocycles. The minimum Gasteiger partial charge on any atom is -0.381 e. The average molecular weight is 447 g/mol. The summed E-state index contributed by atoms with van der Waals surface area (Å²) in [7, 11) is -5.76.